The van der Waals surface area contributed by atoms with Crippen molar-refractivity contribution in [2.24, 2.45) is 0 Å². The lowest BCUT2D eigenvalue weighted by atomic mass is 10.3. The third kappa shape index (κ3) is 3.86. The molecule has 0 unspecified atom stereocenters. The Morgan fingerprint density at radius 1 is 1.33 bits per heavy atom. The van der Waals surface area contributed by atoms with E-state index >= 15 is 0 Å². The van der Waals surface area contributed by atoms with Gasteiger partial charge in [0.2, 0.25) is 5.91 Å². The van der Waals surface area contributed by atoms with Crippen LogP contribution in [0.3, 0.4) is 0 Å². The first-order chi connectivity index (χ1) is 8.22. The number of nitrogens with one attached hydrogen (secondary N) is 2. The van der Waals surface area contributed by atoms with Crippen LogP contribution in [0.2, 0.25) is 5.02 Å². The molecule has 8 heteroatoms. The van der Waals surface area contributed by atoms with Crippen LogP contribution in [0.25, 0.3) is 0 Å². The van der Waals surface area contributed by atoms with Crippen molar-refractivity contribution in [1.82, 2.24) is 4.31 Å². The van der Waals surface area contributed by atoms with Crippen LogP contribution in [0, 0.1) is 0 Å². The molecule has 0 saturated heterocycles. The number of anilines is 2. The van der Waals surface area contributed by atoms with Crippen molar-refractivity contribution in [3.63, 3.8) is 0 Å². The molecular weight excluding hydrogens is 278 g/mol. The van der Waals surface area contributed by atoms with E-state index in [4.69, 9.17) is 11.6 Å². The molecule has 0 aliphatic heterocycles. The first-order valence-corrected chi connectivity index (χ1v) is 6.81. The van der Waals surface area contributed by atoms with Gasteiger partial charge in [-0.3, -0.25) is 9.52 Å². The van der Waals surface area contributed by atoms with Gasteiger partial charge < -0.3 is 5.32 Å². The van der Waals surface area contributed by atoms with Crippen LogP contribution in [0.15, 0.2) is 18.2 Å². The molecule has 0 fully saturated rings. The monoisotopic (exact) mass is 291 g/mol. The van der Waals surface area contributed by atoms with Crippen LogP contribution < -0.4 is 10.0 Å². The molecule has 2 N–H and O–H groups in total. The Labute approximate surface area is 111 Å². The number of nitrogens with zero attached hydrogens (tertiary/aromatic N) is 1. The number of carbonyl (C=O) groups excluding carboxylic acids is 1. The second-order valence-electron chi connectivity index (χ2n) is 3.77. The largest absolute Gasteiger partial charge is 0.325 e. The van der Waals surface area contributed by atoms with E-state index in [-0.39, 0.29) is 5.91 Å². The molecule has 1 amide bonds. The maximum absolute atomic E-state index is 11.6. The number of hydrogen-bond donors (Lipinski definition) is 2. The van der Waals surface area contributed by atoms with E-state index in [0.29, 0.717) is 16.4 Å². The first kappa shape index (κ1) is 14.7. The molecule has 1 rings (SSSR count). The second kappa shape index (κ2) is 5.55. The van der Waals surface area contributed by atoms with Crippen molar-refractivity contribution in [1.29, 1.82) is 0 Å². The Kier molecular flexibility index (Phi) is 4.55. The highest BCUT2D eigenvalue weighted by molar-refractivity contribution is 7.90. The highest BCUT2D eigenvalue weighted by Gasteiger charge is 2.14. The van der Waals surface area contributed by atoms with E-state index < -0.39 is 10.2 Å². The minimum atomic E-state index is -3.58. The van der Waals surface area contributed by atoms with E-state index in [2.05, 4.69) is 10.0 Å². The molecule has 0 aliphatic carbocycles. The zero-order valence-corrected chi connectivity index (χ0v) is 11.8. The Bertz CT molecular complexity index is 557. The predicted molar refractivity (Wildman–Crippen MR) is 72.0 cm³/mol. The standard InChI is InChI=1S/C10H14ClN3O3S/c1-7(15)12-10-6-8(4-5-9(10)11)13-18(16,17)14(2)3/h4-6,13H,1-3H3,(H,12,15). The van der Waals surface area contributed by atoms with Crippen LogP contribution in [-0.2, 0) is 15.0 Å². The summed E-state index contributed by atoms with van der Waals surface area (Å²) in [5, 5.41) is 2.84. The molecule has 0 atom stereocenters. The molecule has 1 aromatic rings. The number of carbonyl (C=O) groups is 1. The lowest BCUT2D eigenvalue weighted by Crippen LogP contribution is -2.28. The van der Waals surface area contributed by atoms with Crippen LogP contribution in [0.1, 0.15) is 6.92 Å². The molecule has 0 aromatic heterocycles. The summed E-state index contributed by atoms with van der Waals surface area (Å²) in [7, 11) is -0.762. The van der Waals surface area contributed by atoms with Crippen molar-refractivity contribution in [2.45, 2.75) is 6.92 Å². The van der Waals surface area contributed by atoms with Crippen molar-refractivity contribution < 1.29 is 13.2 Å². The van der Waals surface area contributed by atoms with Gasteiger partial charge in [-0.05, 0) is 18.2 Å². The normalized spacial score (nSPS) is 11.4. The molecule has 6 nitrogen and oxygen atoms in total. The van der Waals surface area contributed by atoms with Gasteiger partial charge in [0.15, 0.2) is 0 Å². The molecule has 18 heavy (non-hydrogen) atoms. The molecule has 0 spiro atoms. The maximum atomic E-state index is 11.6. The van der Waals surface area contributed by atoms with Gasteiger partial charge in [-0.15, -0.1) is 0 Å². The molecule has 0 bridgehead atoms. The lowest BCUT2D eigenvalue weighted by Gasteiger charge is -2.14. The highest BCUT2D eigenvalue weighted by atomic mass is 35.5. The van der Waals surface area contributed by atoms with E-state index in [0.717, 1.165) is 4.31 Å². The number of rotatable bonds is 4. The van der Waals surface area contributed by atoms with Gasteiger partial charge in [0.25, 0.3) is 0 Å². The van der Waals surface area contributed by atoms with Crippen LogP contribution >= 0.6 is 11.6 Å². The van der Waals surface area contributed by atoms with Gasteiger partial charge in [0.1, 0.15) is 0 Å². The summed E-state index contributed by atoms with van der Waals surface area (Å²) in [6.45, 7) is 1.34. The molecular formula is C10H14ClN3O3S. The van der Waals surface area contributed by atoms with E-state index in [1.54, 1.807) is 0 Å². The lowest BCUT2D eigenvalue weighted by molar-refractivity contribution is -0.114. The van der Waals surface area contributed by atoms with Gasteiger partial charge >= 0.3 is 10.2 Å². The topological polar surface area (TPSA) is 78.5 Å². The summed E-state index contributed by atoms with van der Waals surface area (Å²) in [5.41, 5.74) is 0.667. The van der Waals surface area contributed by atoms with Gasteiger partial charge in [-0.2, -0.15) is 12.7 Å². The molecule has 100 valence electrons. The maximum Gasteiger partial charge on any atom is 0.301 e. The zero-order valence-electron chi connectivity index (χ0n) is 10.2. The quantitative estimate of drug-likeness (QED) is 0.883. The van der Waals surface area contributed by atoms with Crippen molar-refractivity contribution >= 4 is 39.1 Å². The Morgan fingerprint density at radius 2 is 1.94 bits per heavy atom. The Balaban J connectivity index is 3.02. The zero-order chi connectivity index (χ0) is 13.9. The van der Waals surface area contributed by atoms with Crippen LogP contribution in [-0.4, -0.2) is 32.7 Å². The molecule has 0 radical (unpaired) electrons. The third-order valence-corrected chi connectivity index (χ3v) is 3.79. The van der Waals surface area contributed by atoms with Gasteiger partial charge in [0.05, 0.1) is 16.4 Å². The van der Waals surface area contributed by atoms with Crippen LogP contribution in [0.5, 0.6) is 0 Å². The Hall–Kier alpha value is -1.31. The Morgan fingerprint density at radius 3 is 2.44 bits per heavy atom. The third-order valence-electron chi connectivity index (χ3n) is 2.00. The fraction of sp³-hybridized carbons (Fsp3) is 0.300. The minimum Gasteiger partial charge on any atom is -0.325 e. The predicted octanol–water partition coefficient (Wildman–Crippen LogP) is 1.52. The fourth-order valence-corrected chi connectivity index (χ4v) is 1.89. The first-order valence-electron chi connectivity index (χ1n) is 5.00. The number of amides is 1. The second-order valence-corrected chi connectivity index (χ2v) is 6.06. The highest BCUT2D eigenvalue weighted by Crippen LogP contribution is 2.26. The smallest absolute Gasteiger partial charge is 0.301 e. The number of benzene rings is 1. The van der Waals surface area contributed by atoms with E-state index in [9.17, 15) is 13.2 Å². The van der Waals surface area contributed by atoms with E-state index in [1.165, 1.54) is 39.2 Å². The average Bonchev–Trinajstić information content (AvgIpc) is 2.21. The number of halogens is 1. The van der Waals surface area contributed by atoms with Gasteiger partial charge in [0, 0.05) is 21.0 Å². The summed E-state index contributed by atoms with van der Waals surface area (Å²) in [5.74, 6) is -0.287. The van der Waals surface area contributed by atoms with Gasteiger partial charge in [-0.1, -0.05) is 11.6 Å². The summed E-state index contributed by atoms with van der Waals surface area (Å²) >= 11 is 5.87. The average molecular weight is 292 g/mol. The summed E-state index contributed by atoms with van der Waals surface area (Å²) < 4.78 is 26.6. The van der Waals surface area contributed by atoms with Crippen molar-refractivity contribution in [3.8, 4) is 0 Å². The summed E-state index contributed by atoms with van der Waals surface area (Å²) in [6, 6.07) is 4.46. The summed E-state index contributed by atoms with van der Waals surface area (Å²) in [4.78, 5) is 11.0. The molecule has 1 aromatic carbocycles. The fourth-order valence-electron chi connectivity index (χ4n) is 1.11. The van der Waals surface area contributed by atoms with Gasteiger partial charge in [-0.25, -0.2) is 0 Å². The molecule has 0 heterocycles. The van der Waals surface area contributed by atoms with Crippen molar-refractivity contribution in [2.75, 3.05) is 24.1 Å². The van der Waals surface area contributed by atoms with Crippen molar-refractivity contribution in [3.05, 3.63) is 23.2 Å². The SMILES string of the molecule is CC(=O)Nc1cc(NS(=O)(=O)N(C)C)ccc1Cl. The molecule has 0 aliphatic rings. The number of hydrogen-bond acceptors (Lipinski definition) is 3. The van der Waals surface area contributed by atoms with Crippen LogP contribution in [0.4, 0.5) is 11.4 Å². The summed E-state index contributed by atoms with van der Waals surface area (Å²) in [6.07, 6.45) is 0. The van der Waals surface area contributed by atoms with E-state index in [1.807, 2.05) is 0 Å². The molecule has 0 saturated carbocycles. The minimum absolute atomic E-state index is 0.287.